The summed E-state index contributed by atoms with van der Waals surface area (Å²) in [4.78, 5) is 11.7. The number of pyridine rings is 1. The van der Waals surface area contributed by atoms with Crippen molar-refractivity contribution in [3.05, 3.63) is 35.8 Å². The molecule has 3 heterocycles. The molecular weight excluding hydrogens is 336 g/mol. The number of nitrogens with zero attached hydrogens (tertiary/aromatic N) is 4. The minimum atomic E-state index is 0.512. The van der Waals surface area contributed by atoms with E-state index in [0.29, 0.717) is 6.04 Å². The van der Waals surface area contributed by atoms with Gasteiger partial charge in [-0.15, -0.1) is 0 Å². The van der Waals surface area contributed by atoms with Crippen LogP contribution in [0, 0.1) is 12.8 Å². The number of fused-ring (bicyclic) bond motifs is 1. The highest BCUT2D eigenvalue weighted by molar-refractivity contribution is 5.79. The summed E-state index contributed by atoms with van der Waals surface area (Å²) < 4.78 is 2.10. The van der Waals surface area contributed by atoms with Crippen molar-refractivity contribution >= 4 is 11.6 Å². The van der Waals surface area contributed by atoms with E-state index < -0.39 is 0 Å². The maximum atomic E-state index is 4.74. The summed E-state index contributed by atoms with van der Waals surface area (Å²) in [5, 5.41) is 7.03. The van der Waals surface area contributed by atoms with Crippen LogP contribution < -0.4 is 10.6 Å². The maximum absolute atomic E-state index is 4.74. The van der Waals surface area contributed by atoms with Crippen molar-refractivity contribution in [2.24, 2.45) is 10.9 Å². The summed E-state index contributed by atoms with van der Waals surface area (Å²) in [5.41, 5.74) is 3.36. The van der Waals surface area contributed by atoms with Crippen molar-refractivity contribution in [3.63, 3.8) is 0 Å². The SMILES string of the molecule is CN=C(NCCc1cn2cccc(C)c2n1)NC1CCN(CC(C)C)CC1. The molecule has 27 heavy (non-hydrogen) atoms. The van der Waals surface area contributed by atoms with Gasteiger partial charge in [-0.2, -0.15) is 0 Å². The molecule has 3 rings (SSSR count). The lowest BCUT2D eigenvalue weighted by Gasteiger charge is -2.33. The molecule has 2 N–H and O–H groups in total. The zero-order chi connectivity index (χ0) is 19.2. The van der Waals surface area contributed by atoms with Gasteiger partial charge in [-0.05, 0) is 37.3 Å². The lowest BCUT2D eigenvalue weighted by Crippen LogP contribution is -2.49. The normalized spacial score (nSPS) is 17.0. The fourth-order valence-corrected chi connectivity index (χ4v) is 3.80. The molecular formula is C21H34N6. The zero-order valence-electron chi connectivity index (χ0n) is 17.2. The van der Waals surface area contributed by atoms with E-state index in [1.54, 1.807) is 0 Å². The molecule has 0 radical (unpaired) electrons. The molecule has 1 saturated heterocycles. The van der Waals surface area contributed by atoms with Crippen LogP contribution in [0.3, 0.4) is 0 Å². The molecule has 0 atom stereocenters. The fourth-order valence-electron chi connectivity index (χ4n) is 3.80. The van der Waals surface area contributed by atoms with Crippen molar-refractivity contribution < 1.29 is 0 Å². The maximum Gasteiger partial charge on any atom is 0.191 e. The van der Waals surface area contributed by atoms with Gasteiger partial charge in [0, 0.05) is 58.1 Å². The third-order valence-electron chi connectivity index (χ3n) is 5.18. The van der Waals surface area contributed by atoms with Gasteiger partial charge in [0.25, 0.3) is 0 Å². The lowest BCUT2D eigenvalue weighted by molar-refractivity contribution is 0.187. The van der Waals surface area contributed by atoms with Crippen molar-refractivity contribution in [2.45, 2.75) is 46.1 Å². The first kappa shape index (κ1) is 19.7. The van der Waals surface area contributed by atoms with Crippen LogP contribution in [0.1, 0.15) is 37.9 Å². The molecule has 6 nitrogen and oxygen atoms in total. The summed E-state index contributed by atoms with van der Waals surface area (Å²) in [6.07, 6.45) is 7.41. The summed E-state index contributed by atoms with van der Waals surface area (Å²) >= 11 is 0. The first-order chi connectivity index (χ1) is 13.0. The van der Waals surface area contributed by atoms with Crippen LogP contribution in [0.15, 0.2) is 29.5 Å². The fraction of sp³-hybridized carbons (Fsp3) is 0.619. The van der Waals surface area contributed by atoms with Gasteiger partial charge in [-0.25, -0.2) is 4.98 Å². The van der Waals surface area contributed by atoms with Crippen LogP contribution in [0.2, 0.25) is 0 Å². The third kappa shape index (κ3) is 5.45. The number of imidazole rings is 1. The van der Waals surface area contributed by atoms with Gasteiger partial charge in [0.15, 0.2) is 5.96 Å². The Balaban J connectivity index is 1.43. The van der Waals surface area contributed by atoms with Crippen LogP contribution in [0.5, 0.6) is 0 Å². The smallest absolute Gasteiger partial charge is 0.191 e. The molecule has 1 aliphatic rings. The molecule has 0 aliphatic carbocycles. The largest absolute Gasteiger partial charge is 0.356 e. The number of aliphatic imine (C=N–C) groups is 1. The van der Waals surface area contributed by atoms with Gasteiger partial charge in [-0.3, -0.25) is 4.99 Å². The van der Waals surface area contributed by atoms with Crippen molar-refractivity contribution in [1.82, 2.24) is 24.9 Å². The molecule has 0 amide bonds. The van der Waals surface area contributed by atoms with Crippen molar-refractivity contribution in [2.75, 3.05) is 33.2 Å². The molecule has 0 unspecified atom stereocenters. The summed E-state index contributed by atoms with van der Waals surface area (Å²) in [6, 6.07) is 4.67. The second kappa shape index (κ2) is 9.22. The number of rotatable bonds is 6. The van der Waals surface area contributed by atoms with Gasteiger partial charge in [0.1, 0.15) is 5.65 Å². The van der Waals surface area contributed by atoms with Gasteiger partial charge in [0.05, 0.1) is 5.69 Å². The first-order valence-corrected chi connectivity index (χ1v) is 10.2. The van der Waals surface area contributed by atoms with Crippen LogP contribution in [-0.4, -0.2) is 59.5 Å². The summed E-state index contributed by atoms with van der Waals surface area (Å²) in [6.45, 7) is 11.1. The highest BCUT2D eigenvalue weighted by Gasteiger charge is 2.20. The number of guanidine groups is 1. The van der Waals surface area contributed by atoms with E-state index in [9.17, 15) is 0 Å². The average Bonchev–Trinajstić information content (AvgIpc) is 3.06. The van der Waals surface area contributed by atoms with Crippen LogP contribution >= 0.6 is 0 Å². The molecule has 0 aromatic carbocycles. The summed E-state index contributed by atoms with van der Waals surface area (Å²) in [5.74, 6) is 1.64. The van der Waals surface area contributed by atoms with E-state index in [0.717, 1.165) is 36.2 Å². The second-order valence-corrected chi connectivity index (χ2v) is 8.02. The van der Waals surface area contributed by atoms with Gasteiger partial charge in [0.2, 0.25) is 0 Å². The Kier molecular flexibility index (Phi) is 6.72. The molecule has 1 aliphatic heterocycles. The highest BCUT2D eigenvalue weighted by atomic mass is 15.2. The molecule has 0 saturated carbocycles. The molecule has 1 fully saturated rings. The molecule has 0 bridgehead atoms. The monoisotopic (exact) mass is 370 g/mol. The zero-order valence-corrected chi connectivity index (χ0v) is 17.2. The standard InChI is InChI=1S/C21H34N6/c1-16(2)14-26-12-8-18(9-13-26)25-21(22-4)23-10-7-19-15-27-11-5-6-17(3)20(27)24-19/h5-6,11,15-16,18H,7-10,12-14H2,1-4H3,(H2,22,23,25). The number of aryl methyl sites for hydroxylation is 1. The van der Waals surface area contributed by atoms with Crippen molar-refractivity contribution in [1.29, 1.82) is 0 Å². The Hall–Kier alpha value is -2.08. The minimum Gasteiger partial charge on any atom is -0.356 e. The Morgan fingerprint density at radius 3 is 2.78 bits per heavy atom. The molecule has 6 heteroatoms. The van der Waals surface area contributed by atoms with Gasteiger partial charge >= 0.3 is 0 Å². The highest BCUT2D eigenvalue weighted by Crippen LogP contribution is 2.12. The number of nitrogens with one attached hydrogen (secondary N) is 2. The van der Waals surface area contributed by atoms with E-state index in [-0.39, 0.29) is 0 Å². The number of likely N-dealkylation sites (tertiary alicyclic amines) is 1. The quantitative estimate of drug-likeness (QED) is 0.606. The van der Waals surface area contributed by atoms with Crippen LogP contribution in [0.25, 0.3) is 5.65 Å². The first-order valence-electron chi connectivity index (χ1n) is 10.2. The van der Waals surface area contributed by atoms with E-state index in [1.807, 2.05) is 7.05 Å². The van der Waals surface area contributed by atoms with E-state index in [2.05, 4.69) is 70.2 Å². The number of piperidine rings is 1. The second-order valence-electron chi connectivity index (χ2n) is 8.02. The predicted molar refractivity (Wildman–Crippen MR) is 112 cm³/mol. The topological polar surface area (TPSA) is 57.0 Å². The van der Waals surface area contributed by atoms with Crippen LogP contribution in [0.4, 0.5) is 0 Å². The Bertz CT molecular complexity index is 755. The van der Waals surface area contributed by atoms with Crippen molar-refractivity contribution in [3.8, 4) is 0 Å². The molecule has 148 valence electrons. The average molecular weight is 371 g/mol. The van der Waals surface area contributed by atoms with Gasteiger partial charge in [-0.1, -0.05) is 19.9 Å². The molecule has 2 aromatic rings. The molecule has 2 aromatic heterocycles. The van der Waals surface area contributed by atoms with Gasteiger partial charge < -0.3 is 19.9 Å². The predicted octanol–water partition coefficient (Wildman–Crippen LogP) is 2.47. The number of aromatic nitrogens is 2. The Labute approximate surface area is 163 Å². The third-order valence-corrected chi connectivity index (χ3v) is 5.18. The number of hydrogen-bond donors (Lipinski definition) is 2. The molecule has 0 spiro atoms. The minimum absolute atomic E-state index is 0.512. The van der Waals surface area contributed by atoms with E-state index in [1.165, 1.54) is 38.0 Å². The Morgan fingerprint density at radius 2 is 2.11 bits per heavy atom. The van der Waals surface area contributed by atoms with E-state index in [4.69, 9.17) is 4.98 Å². The number of hydrogen-bond acceptors (Lipinski definition) is 3. The van der Waals surface area contributed by atoms with Crippen LogP contribution in [-0.2, 0) is 6.42 Å². The summed E-state index contributed by atoms with van der Waals surface area (Å²) in [7, 11) is 1.84. The lowest BCUT2D eigenvalue weighted by atomic mass is 10.0. The van der Waals surface area contributed by atoms with E-state index >= 15 is 0 Å². The Morgan fingerprint density at radius 1 is 1.33 bits per heavy atom.